The minimum Gasteiger partial charge on any atom is -0.427 e. The summed E-state index contributed by atoms with van der Waals surface area (Å²) >= 11 is 0. The van der Waals surface area contributed by atoms with Crippen molar-refractivity contribution in [2.75, 3.05) is 0 Å². The molecule has 0 saturated heterocycles. The van der Waals surface area contributed by atoms with Gasteiger partial charge in [0.25, 0.3) is 0 Å². The van der Waals surface area contributed by atoms with Crippen LogP contribution >= 0.6 is 0 Å². The topological polar surface area (TPSA) is 53.5 Å². The molecule has 0 saturated carbocycles. The second-order valence-corrected chi connectivity index (χ2v) is 6.27. The van der Waals surface area contributed by atoms with E-state index in [9.17, 15) is 5.11 Å². The quantitative estimate of drug-likeness (QED) is 0.712. The van der Waals surface area contributed by atoms with E-state index >= 15 is 0 Å². The molecule has 3 N–H and O–H groups in total. The van der Waals surface area contributed by atoms with Gasteiger partial charge < -0.3 is 20.6 Å². The molecule has 1 aliphatic heterocycles. The Morgan fingerprint density at radius 3 is 2.57 bits per heavy atom. The highest BCUT2D eigenvalue weighted by atomic mass is 16.5. The second-order valence-electron chi connectivity index (χ2n) is 6.27. The Morgan fingerprint density at radius 2 is 1.95 bits per heavy atom. The van der Waals surface area contributed by atoms with Crippen LogP contribution in [-0.2, 0) is 4.65 Å². The molecule has 1 heterocycles. The smallest absolute Gasteiger partial charge is 0.309 e. The molecule has 5 heteroatoms. The summed E-state index contributed by atoms with van der Waals surface area (Å²) in [7, 11) is 0.460. The largest absolute Gasteiger partial charge is 0.427 e. The molecule has 0 amide bonds. The van der Waals surface area contributed by atoms with Crippen LogP contribution in [0.25, 0.3) is 5.70 Å². The second kappa shape index (κ2) is 5.96. The lowest BCUT2D eigenvalue weighted by Gasteiger charge is -2.37. The van der Waals surface area contributed by atoms with Crippen LogP contribution in [0.1, 0.15) is 33.3 Å². The third-order valence-electron chi connectivity index (χ3n) is 3.96. The number of hydrazine groups is 1. The molecule has 0 aliphatic carbocycles. The van der Waals surface area contributed by atoms with Gasteiger partial charge >= 0.3 is 7.48 Å². The van der Waals surface area contributed by atoms with Gasteiger partial charge in [-0.15, -0.1) is 0 Å². The van der Waals surface area contributed by atoms with Gasteiger partial charge in [-0.25, -0.2) is 0 Å². The van der Waals surface area contributed by atoms with Gasteiger partial charge in [-0.3, -0.25) is 0 Å². The number of hydrogen-bond acceptors (Lipinski definition) is 4. The van der Waals surface area contributed by atoms with Crippen LogP contribution in [0.2, 0.25) is 0 Å². The summed E-state index contributed by atoms with van der Waals surface area (Å²) in [4.78, 5) is 0. The Bertz CT molecular complexity index is 560. The van der Waals surface area contributed by atoms with Gasteiger partial charge in [-0.05, 0) is 45.4 Å². The molecule has 112 valence electrons. The third kappa shape index (κ3) is 3.89. The zero-order valence-corrected chi connectivity index (χ0v) is 13.1. The van der Waals surface area contributed by atoms with Crippen LogP contribution in [0, 0.1) is 0 Å². The monoisotopic (exact) mass is 286 g/mol. The van der Waals surface area contributed by atoms with E-state index in [1.54, 1.807) is 13.8 Å². The van der Waals surface area contributed by atoms with Gasteiger partial charge in [0, 0.05) is 6.20 Å². The molecule has 0 fully saturated rings. The Labute approximate surface area is 127 Å². The summed E-state index contributed by atoms with van der Waals surface area (Å²) in [6.45, 7) is 7.32. The van der Waals surface area contributed by atoms with Crippen molar-refractivity contribution in [3.63, 3.8) is 0 Å². The average Bonchev–Trinajstić information content (AvgIpc) is 2.45. The zero-order chi connectivity index (χ0) is 15.5. The van der Waals surface area contributed by atoms with Crippen LogP contribution in [0.4, 0.5) is 0 Å². The SMILES string of the molecule is CC(C)(O)C(C)(C)OBc1cccc(C2=CC=CNN2)c1. The minimum absolute atomic E-state index is 0.460. The molecule has 0 bridgehead atoms. The molecule has 1 aromatic carbocycles. The highest BCUT2D eigenvalue weighted by Gasteiger charge is 2.35. The fourth-order valence-corrected chi connectivity index (χ4v) is 1.79. The van der Waals surface area contributed by atoms with Crippen molar-refractivity contribution in [2.24, 2.45) is 0 Å². The standard InChI is InChI=1S/C16H23BN2O2/c1-15(2,20)16(3,4)21-17-13-8-5-7-12(11-13)14-9-6-10-18-19-14/h5-11,17-20H,1-4H3. The average molecular weight is 286 g/mol. The first-order valence-corrected chi connectivity index (χ1v) is 7.14. The maximum atomic E-state index is 10.1. The van der Waals surface area contributed by atoms with E-state index in [1.807, 2.05) is 50.4 Å². The van der Waals surface area contributed by atoms with E-state index in [0.717, 1.165) is 16.7 Å². The summed E-state index contributed by atoms with van der Waals surface area (Å²) < 4.78 is 5.90. The van der Waals surface area contributed by atoms with Crippen molar-refractivity contribution in [2.45, 2.75) is 38.9 Å². The van der Waals surface area contributed by atoms with Crippen molar-refractivity contribution in [3.05, 3.63) is 48.2 Å². The van der Waals surface area contributed by atoms with E-state index < -0.39 is 11.2 Å². The van der Waals surface area contributed by atoms with Gasteiger partial charge in [0.15, 0.2) is 0 Å². The van der Waals surface area contributed by atoms with Crippen LogP contribution < -0.4 is 16.3 Å². The minimum atomic E-state index is -0.896. The fraction of sp³-hybridized carbons (Fsp3) is 0.375. The van der Waals surface area contributed by atoms with Crippen LogP contribution in [0.5, 0.6) is 0 Å². The van der Waals surface area contributed by atoms with E-state index in [0.29, 0.717) is 7.48 Å². The number of benzene rings is 1. The van der Waals surface area contributed by atoms with Gasteiger partial charge in [-0.1, -0.05) is 29.7 Å². The van der Waals surface area contributed by atoms with Gasteiger partial charge in [0.2, 0.25) is 0 Å². The zero-order valence-electron chi connectivity index (χ0n) is 13.1. The van der Waals surface area contributed by atoms with E-state index in [4.69, 9.17) is 4.65 Å². The molecule has 0 aromatic heterocycles. The maximum Gasteiger partial charge on any atom is 0.309 e. The van der Waals surface area contributed by atoms with Crippen molar-refractivity contribution in [3.8, 4) is 0 Å². The molecule has 0 atom stereocenters. The lowest BCUT2D eigenvalue weighted by atomic mass is 9.82. The molecule has 1 aliphatic rings. The summed E-state index contributed by atoms with van der Waals surface area (Å²) in [6, 6.07) is 8.16. The molecule has 21 heavy (non-hydrogen) atoms. The molecule has 2 rings (SSSR count). The highest BCUT2D eigenvalue weighted by molar-refractivity contribution is 6.47. The Balaban J connectivity index is 2.08. The fourth-order valence-electron chi connectivity index (χ4n) is 1.79. The van der Waals surface area contributed by atoms with E-state index in [-0.39, 0.29) is 0 Å². The van der Waals surface area contributed by atoms with Crippen molar-refractivity contribution in [1.82, 2.24) is 10.9 Å². The number of nitrogens with one attached hydrogen (secondary N) is 2. The molecule has 0 radical (unpaired) electrons. The van der Waals surface area contributed by atoms with Gasteiger partial charge in [0.05, 0.1) is 16.9 Å². The Kier molecular flexibility index (Phi) is 4.44. The molecule has 4 nitrogen and oxygen atoms in total. The molecule has 0 spiro atoms. The molecule has 1 aromatic rings. The number of aliphatic hydroxyl groups is 1. The van der Waals surface area contributed by atoms with E-state index in [2.05, 4.69) is 16.9 Å². The predicted octanol–water partition coefficient (Wildman–Crippen LogP) is 1.19. The highest BCUT2D eigenvalue weighted by Crippen LogP contribution is 2.24. The molecular weight excluding hydrogens is 263 g/mol. The van der Waals surface area contributed by atoms with Crippen molar-refractivity contribution < 1.29 is 9.76 Å². The normalized spacial score (nSPS) is 15.0. The third-order valence-corrected chi connectivity index (χ3v) is 3.96. The Hall–Kier alpha value is -1.72. The van der Waals surface area contributed by atoms with Crippen molar-refractivity contribution >= 4 is 18.6 Å². The first-order chi connectivity index (χ1) is 9.79. The molecular formula is C16H23BN2O2. The van der Waals surface area contributed by atoms with Crippen molar-refractivity contribution in [1.29, 1.82) is 0 Å². The maximum absolute atomic E-state index is 10.1. The van der Waals surface area contributed by atoms with Crippen LogP contribution in [0.3, 0.4) is 0 Å². The first-order valence-electron chi connectivity index (χ1n) is 7.14. The number of rotatable bonds is 5. The number of hydrogen-bond donors (Lipinski definition) is 3. The van der Waals surface area contributed by atoms with Crippen LogP contribution in [-0.4, -0.2) is 23.8 Å². The van der Waals surface area contributed by atoms with Gasteiger partial charge in [-0.2, -0.15) is 0 Å². The number of allylic oxidation sites excluding steroid dienone is 2. The summed E-state index contributed by atoms with van der Waals surface area (Å²) in [6.07, 6.45) is 5.80. The summed E-state index contributed by atoms with van der Waals surface area (Å²) in [5.41, 5.74) is 7.73. The van der Waals surface area contributed by atoms with Gasteiger partial charge in [0.1, 0.15) is 0 Å². The molecule has 0 unspecified atom stereocenters. The lowest BCUT2D eigenvalue weighted by Crippen LogP contribution is -2.49. The van der Waals surface area contributed by atoms with Crippen LogP contribution in [0.15, 0.2) is 42.6 Å². The predicted molar refractivity (Wildman–Crippen MR) is 88.1 cm³/mol. The Morgan fingerprint density at radius 1 is 1.19 bits per heavy atom. The van der Waals surface area contributed by atoms with E-state index in [1.165, 1.54) is 0 Å². The summed E-state index contributed by atoms with van der Waals surface area (Å²) in [5, 5.41) is 10.1. The lowest BCUT2D eigenvalue weighted by molar-refractivity contribution is -0.0893. The first kappa shape index (κ1) is 15.7. The summed E-state index contributed by atoms with van der Waals surface area (Å²) in [5.74, 6) is 0.